The molecule has 1 aromatic rings. The average molecular weight is 378 g/mol. The first-order valence-corrected chi connectivity index (χ1v) is 7.56. The van der Waals surface area contributed by atoms with E-state index in [1.807, 2.05) is 0 Å². The number of hydrogen-bond donors (Lipinski definition) is 2. The lowest BCUT2D eigenvalue weighted by Crippen LogP contribution is -2.34. The Morgan fingerprint density at radius 2 is 2.00 bits per heavy atom. The predicted molar refractivity (Wildman–Crippen MR) is 86.6 cm³/mol. The van der Waals surface area contributed by atoms with Gasteiger partial charge in [-0.1, -0.05) is 11.6 Å². The Hall–Kier alpha value is -1.27. The second-order valence-corrected chi connectivity index (χ2v) is 6.62. The molecule has 2 amide bonds. The van der Waals surface area contributed by atoms with Gasteiger partial charge in [-0.05, 0) is 54.9 Å². The van der Waals surface area contributed by atoms with Crippen LogP contribution >= 0.6 is 27.5 Å². The Bertz CT molecular complexity index is 529. The number of hydrogen-bond acceptors (Lipinski definition) is 3. The standard InChI is InChI=1S/C14H18BrClN2O3/c1-14(2,3)21-13(20)17-7-6-12(19)18-9-4-5-11(16)10(15)8-9/h4-5,8H,6-7H2,1-3H3,(H,17,20)(H,18,19). The van der Waals surface area contributed by atoms with Crippen LogP contribution in [0.3, 0.4) is 0 Å². The molecular formula is C14H18BrClN2O3. The van der Waals surface area contributed by atoms with E-state index in [0.29, 0.717) is 15.2 Å². The summed E-state index contributed by atoms with van der Waals surface area (Å²) in [6.45, 7) is 5.53. The summed E-state index contributed by atoms with van der Waals surface area (Å²) in [5.41, 5.74) is 0.0793. The van der Waals surface area contributed by atoms with Crippen molar-refractivity contribution >= 4 is 45.2 Å². The Labute approximate surface area is 137 Å². The van der Waals surface area contributed by atoms with Gasteiger partial charge in [-0.2, -0.15) is 0 Å². The predicted octanol–water partition coefficient (Wildman–Crippen LogP) is 3.96. The number of ether oxygens (including phenoxy) is 1. The van der Waals surface area contributed by atoms with Crippen LogP contribution in [0, 0.1) is 0 Å². The van der Waals surface area contributed by atoms with Crippen LogP contribution in [0.15, 0.2) is 22.7 Å². The van der Waals surface area contributed by atoms with Gasteiger partial charge in [0, 0.05) is 23.1 Å². The number of nitrogens with one attached hydrogen (secondary N) is 2. The first-order chi connectivity index (χ1) is 9.67. The van der Waals surface area contributed by atoms with E-state index in [-0.39, 0.29) is 18.9 Å². The van der Waals surface area contributed by atoms with Crippen LogP contribution in [0.4, 0.5) is 10.5 Å². The van der Waals surface area contributed by atoms with Crippen molar-refractivity contribution < 1.29 is 14.3 Å². The minimum atomic E-state index is -0.554. The Balaban J connectivity index is 2.34. The third kappa shape index (κ3) is 7.34. The molecule has 0 saturated carbocycles. The third-order valence-corrected chi connectivity index (χ3v) is 3.44. The van der Waals surface area contributed by atoms with E-state index in [1.54, 1.807) is 39.0 Å². The number of amides is 2. The molecule has 5 nitrogen and oxygen atoms in total. The van der Waals surface area contributed by atoms with Crippen molar-refractivity contribution in [2.24, 2.45) is 0 Å². The van der Waals surface area contributed by atoms with Crippen molar-refractivity contribution in [1.29, 1.82) is 0 Å². The van der Waals surface area contributed by atoms with E-state index >= 15 is 0 Å². The van der Waals surface area contributed by atoms with Gasteiger partial charge in [-0.15, -0.1) is 0 Å². The van der Waals surface area contributed by atoms with Crippen molar-refractivity contribution in [3.05, 3.63) is 27.7 Å². The van der Waals surface area contributed by atoms with Crippen LogP contribution < -0.4 is 10.6 Å². The molecule has 0 bridgehead atoms. The van der Waals surface area contributed by atoms with E-state index in [2.05, 4.69) is 26.6 Å². The maximum Gasteiger partial charge on any atom is 0.407 e. The summed E-state index contributed by atoms with van der Waals surface area (Å²) in [4.78, 5) is 23.1. The van der Waals surface area contributed by atoms with Crippen LogP contribution in [-0.4, -0.2) is 24.1 Å². The number of benzene rings is 1. The highest BCUT2D eigenvalue weighted by molar-refractivity contribution is 9.10. The second kappa shape index (κ2) is 7.66. The summed E-state index contributed by atoms with van der Waals surface area (Å²) in [6, 6.07) is 5.09. The van der Waals surface area contributed by atoms with Crippen molar-refractivity contribution in [3.8, 4) is 0 Å². The van der Waals surface area contributed by atoms with Gasteiger partial charge in [0.1, 0.15) is 5.60 Å². The van der Waals surface area contributed by atoms with Crippen LogP contribution in [0.25, 0.3) is 0 Å². The molecule has 1 rings (SSSR count). The normalized spacial score (nSPS) is 10.9. The zero-order valence-corrected chi connectivity index (χ0v) is 14.5. The fraction of sp³-hybridized carbons (Fsp3) is 0.429. The van der Waals surface area contributed by atoms with E-state index < -0.39 is 11.7 Å². The van der Waals surface area contributed by atoms with Gasteiger partial charge < -0.3 is 15.4 Å². The molecule has 0 aromatic heterocycles. The van der Waals surface area contributed by atoms with Gasteiger partial charge >= 0.3 is 6.09 Å². The summed E-state index contributed by atoms with van der Waals surface area (Å²) in [7, 11) is 0. The molecule has 0 atom stereocenters. The average Bonchev–Trinajstić information content (AvgIpc) is 2.31. The molecule has 0 radical (unpaired) electrons. The topological polar surface area (TPSA) is 67.4 Å². The van der Waals surface area contributed by atoms with E-state index in [0.717, 1.165) is 0 Å². The van der Waals surface area contributed by atoms with Crippen molar-refractivity contribution in [1.82, 2.24) is 5.32 Å². The van der Waals surface area contributed by atoms with Gasteiger partial charge in [-0.25, -0.2) is 4.79 Å². The largest absolute Gasteiger partial charge is 0.444 e. The zero-order chi connectivity index (χ0) is 16.0. The second-order valence-electron chi connectivity index (χ2n) is 5.36. The quantitative estimate of drug-likeness (QED) is 0.834. The number of carbonyl (C=O) groups is 2. The summed E-state index contributed by atoms with van der Waals surface area (Å²) < 4.78 is 5.77. The highest BCUT2D eigenvalue weighted by Crippen LogP contribution is 2.25. The van der Waals surface area contributed by atoms with Gasteiger partial charge in [0.2, 0.25) is 5.91 Å². The van der Waals surface area contributed by atoms with E-state index in [9.17, 15) is 9.59 Å². The Morgan fingerprint density at radius 3 is 2.57 bits per heavy atom. The molecule has 0 unspecified atom stereocenters. The van der Waals surface area contributed by atoms with Crippen molar-refractivity contribution in [2.45, 2.75) is 32.8 Å². The summed E-state index contributed by atoms with van der Waals surface area (Å²) in [5.74, 6) is -0.208. The first-order valence-electron chi connectivity index (χ1n) is 6.39. The molecule has 0 aliphatic heterocycles. The fourth-order valence-corrected chi connectivity index (χ4v) is 1.89. The van der Waals surface area contributed by atoms with Gasteiger partial charge in [-0.3, -0.25) is 4.79 Å². The number of anilines is 1. The molecule has 0 fully saturated rings. The first kappa shape index (κ1) is 17.8. The van der Waals surface area contributed by atoms with E-state index in [1.165, 1.54) is 0 Å². The van der Waals surface area contributed by atoms with Crippen LogP contribution in [0.5, 0.6) is 0 Å². The molecule has 2 N–H and O–H groups in total. The minimum Gasteiger partial charge on any atom is -0.444 e. The molecule has 0 aliphatic carbocycles. The van der Waals surface area contributed by atoms with Gasteiger partial charge in [0.05, 0.1) is 5.02 Å². The maximum absolute atomic E-state index is 11.7. The van der Waals surface area contributed by atoms with Gasteiger partial charge in [0.15, 0.2) is 0 Å². The molecule has 0 saturated heterocycles. The molecular weight excluding hydrogens is 360 g/mol. The van der Waals surface area contributed by atoms with Crippen molar-refractivity contribution in [2.75, 3.05) is 11.9 Å². The molecule has 0 aliphatic rings. The summed E-state index contributed by atoms with van der Waals surface area (Å²) >= 11 is 9.15. The molecule has 0 heterocycles. The molecule has 0 spiro atoms. The molecule has 21 heavy (non-hydrogen) atoms. The monoisotopic (exact) mass is 376 g/mol. The maximum atomic E-state index is 11.7. The number of halogens is 2. The fourth-order valence-electron chi connectivity index (χ4n) is 1.39. The number of alkyl carbamates (subject to hydrolysis) is 1. The van der Waals surface area contributed by atoms with Crippen LogP contribution in [0.1, 0.15) is 27.2 Å². The van der Waals surface area contributed by atoms with Crippen LogP contribution in [-0.2, 0) is 9.53 Å². The Morgan fingerprint density at radius 1 is 1.33 bits per heavy atom. The summed E-state index contributed by atoms with van der Waals surface area (Å²) in [5, 5.41) is 5.81. The Kier molecular flexibility index (Phi) is 6.48. The lowest BCUT2D eigenvalue weighted by Gasteiger charge is -2.19. The number of carbonyl (C=O) groups excluding carboxylic acids is 2. The zero-order valence-electron chi connectivity index (χ0n) is 12.1. The van der Waals surface area contributed by atoms with Crippen molar-refractivity contribution in [3.63, 3.8) is 0 Å². The van der Waals surface area contributed by atoms with Gasteiger partial charge in [0.25, 0.3) is 0 Å². The lowest BCUT2D eigenvalue weighted by atomic mass is 10.2. The highest BCUT2D eigenvalue weighted by atomic mass is 79.9. The lowest BCUT2D eigenvalue weighted by molar-refractivity contribution is -0.116. The SMILES string of the molecule is CC(C)(C)OC(=O)NCCC(=O)Nc1ccc(Cl)c(Br)c1. The van der Waals surface area contributed by atoms with Crippen LogP contribution in [0.2, 0.25) is 5.02 Å². The minimum absolute atomic E-state index is 0.152. The summed E-state index contributed by atoms with van der Waals surface area (Å²) in [6.07, 6.45) is -0.385. The highest BCUT2D eigenvalue weighted by Gasteiger charge is 2.15. The number of rotatable bonds is 4. The molecule has 1 aromatic carbocycles. The third-order valence-electron chi connectivity index (χ3n) is 2.22. The molecule has 116 valence electrons. The smallest absolute Gasteiger partial charge is 0.407 e. The van der Waals surface area contributed by atoms with E-state index in [4.69, 9.17) is 16.3 Å². The molecule has 7 heteroatoms.